The summed E-state index contributed by atoms with van der Waals surface area (Å²) >= 11 is 0. The van der Waals surface area contributed by atoms with Crippen LogP contribution in [0, 0.1) is 0 Å². The van der Waals surface area contributed by atoms with Gasteiger partial charge in [0.25, 0.3) is 5.91 Å². The number of benzene rings is 2. The third-order valence-electron chi connectivity index (χ3n) is 4.08. The summed E-state index contributed by atoms with van der Waals surface area (Å²) in [6.07, 6.45) is 1.77. The Kier molecular flexibility index (Phi) is 5.69. The van der Waals surface area contributed by atoms with Crippen molar-refractivity contribution in [2.24, 2.45) is 0 Å². The maximum absolute atomic E-state index is 12.0. The van der Waals surface area contributed by atoms with Crippen LogP contribution in [0.3, 0.4) is 0 Å². The van der Waals surface area contributed by atoms with Gasteiger partial charge in [-0.2, -0.15) is 0 Å². The maximum atomic E-state index is 12.0. The molecule has 3 rings (SSSR count). The van der Waals surface area contributed by atoms with Gasteiger partial charge in [-0.1, -0.05) is 30.3 Å². The molecular weight excluding hydrogens is 330 g/mol. The van der Waals surface area contributed by atoms with Crippen LogP contribution in [0.4, 0.5) is 0 Å². The third kappa shape index (κ3) is 4.96. The molecule has 1 aromatic heterocycles. The fourth-order valence-corrected chi connectivity index (χ4v) is 2.70. The number of carbonyl (C=O) groups excluding carboxylic acids is 1. The molecule has 0 radical (unpaired) electrons. The van der Waals surface area contributed by atoms with Gasteiger partial charge >= 0.3 is 5.63 Å². The first-order valence-electron chi connectivity index (χ1n) is 8.60. The number of hydrogen-bond donors (Lipinski definition) is 1. The molecule has 1 atom stereocenters. The largest absolute Gasteiger partial charge is 0.484 e. The Morgan fingerprint density at radius 3 is 2.69 bits per heavy atom. The average Bonchev–Trinajstić information content (AvgIpc) is 2.65. The van der Waals surface area contributed by atoms with Crippen LogP contribution in [0.2, 0.25) is 0 Å². The first-order chi connectivity index (χ1) is 12.6. The van der Waals surface area contributed by atoms with Crippen molar-refractivity contribution in [3.05, 3.63) is 76.6 Å². The van der Waals surface area contributed by atoms with E-state index in [0.29, 0.717) is 11.3 Å². The van der Waals surface area contributed by atoms with E-state index in [1.54, 1.807) is 24.3 Å². The lowest BCUT2D eigenvalue weighted by Crippen LogP contribution is -2.36. The molecule has 5 heteroatoms. The zero-order chi connectivity index (χ0) is 18.4. The standard InChI is InChI=1S/C21H21NO4/c1-15(7-8-16-5-3-2-4-6-16)22-20(23)14-25-18-11-9-17-10-12-21(24)26-19(17)13-18/h2-6,9-13,15H,7-8,14H2,1H3,(H,22,23)/t15-/m1/s1. The molecule has 0 aliphatic carbocycles. The number of hydrogen-bond acceptors (Lipinski definition) is 4. The molecular formula is C21H21NO4. The maximum Gasteiger partial charge on any atom is 0.336 e. The molecule has 0 saturated carbocycles. The molecule has 0 aliphatic heterocycles. The van der Waals surface area contributed by atoms with E-state index in [1.807, 2.05) is 25.1 Å². The SMILES string of the molecule is C[C@H](CCc1ccccc1)NC(=O)COc1ccc2ccc(=O)oc2c1. The van der Waals surface area contributed by atoms with E-state index in [1.165, 1.54) is 11.6 Å². The highest BCUT2D eigenvalue weighted by Gasteiger charge is 2.09. The van der Waals surface area contributed by atoms with Gasteiger partial charge in [-0.25, -0.2) is 4.79 Å². The van der Waals surface area contributed by atoms with Crippen molar-refractivity contribution >= 4 is 16.9 Å². The molecule has 0 aliphatic rings. The van der Waals surface area contributed by atoms with Gasteiger partial charge in [0.2, 0.25) is 0 Å². The Hall–Kier alpha value is -3.08. The van der Waals surface area contributed by atoms with E-state index in [9.17, 15) is 9.59 Å². The highest BCUT2D eigenvalue weighted by Crippen LogP contribution is 2.19. The van der Waals surface area contributed by atoms with E-state index in [4.69, 9.17) is 9.15 Å². The average molecular weight is 351 g/mol. The summed E-state index contributed by atoms with van der Waals surface area (Å²) in [4.78, 5) is 23.3. The highest BCUT2D eigenvalue weighted by molar-refractivity contribution is 5.79. The second-order valence-corrected chi connectivity index (χ2v) is 6.24. The second-order valence-electron chi connectivity index (χ2n) is 6.24. The Morgan fingerprint density at radius 2 is 1.88 bits per heavy atom. The minimum absolute atomic E-state index is 0.0564. The van der Waals surface area contributed by atoms with Crippen molar-refractivity contribution in [1.29, 1.82) is 0 Å². The van der Waals surface area contributed by atoms with Crippen LogP contribution in [0.5, 0.6) is 5.75 Å². The van der Waals surface area contributed by atoms with Crippen LogP contribution in [0.1, 0.15) is 18.9 Å². The smallest absolute Gasteiger partial charge is 0.336 e. The van der Waals surface area contributed by atoms with Crippen molar-refractivity contribution in [3.8, 4) is 5.75 Å². The first-order valence-corrected chi connectivity index (χ1v) is 8.60. The van der Waals surface area contributed by atoms with Gasteiger partial charge in [-0.15, -0.1) is 0 Å². The molecule has 3 aromatic rings. The number of nitrogens with one attached hydrogen (secondary N) is 1. The van der Waals surface area contributed by atoms with Crippen LogP contribution in [0.25, 0.3) is 11.0 Å². The Bertz CT molecular complexity index is 933. The van der Waals surface area contributed by atoms with Crippen LogP contribution < -0.4 is 15.7 Å². The molecule has 0 spiro atoms. The molecule has 134 valence electrons. The van der Waals surface area contributed by atoms with Crippen LogP contribution >= 0.6 is 0 Å². The number of ether oxygens (including phenoxy) is 1. The molecule has 0 saturated heterocycles. The number of amides is 1. The van der Waals surface area contributed by atoms with E-state index in [0.717, 1.165) is 18.2 Å². The van der Waals surface area contributed by atoms with E-state index < -0.39 is 5.63 Å². The molecule has 5 nitrogen and oxygen atoms in total. The van der Waals surface area contributed by atoms with Crippen molar-refractivity contribution in [2.45, 2.75) is 25.8 Å². The fraction of sp³-hybridized carbons (Fsp3) is 0.238. The lowest BCUT2D eigenvalue weighted by Gasteiger charge is -2.14. The highest BCUT2D eigenvalue weighted by atomic mass is 16.5. The zero-order valence-corrected chi connectivity index (χ0v) is 14.6. The first kappa shape index (κ1) is 17.7. The third-order valence-corrected chi connectivity index (χ3v) is 4.08. The van der Waals surface area contributed by atoms with Gasteiger partial charge in [-0.3, -0.25) is 4.79 Å². The van der Waals surface area contributed by atoms with Gasteiger partial charge in [0, 0.05) is 23.6 Å². The summed E-state index contributed by atoms with van der Waals surface area (Å²) in [5, 5.41) is 3.73. The lowest BCUT2D eigenvalue weighted by molar-refractivity contribution is -0.123. The van der Waals surface area contributed by atoms with Crippen molar-refractivity contribution < 1.29 is 13.9 Å². The Morgan fingerprint density at radius 1 is 1.12 bits per heavy atom. The van der Waals surface area contributed by atoms with Crippen molar-refractivity contribution in [2.75, 3.05) is 6.61 Å². The van der Waals surface area contributed by atoms with Gasteiger partial charge < -0.3 is 14.5 Å². The summed E-state index contributed by atoms with van der Waals surface area (Å²) in [5.74, 6) is 0.305. The summed E-state index contributed by atoms with van der Waals surface area (Å²) in [6, 6.07) is 18.4. The van der Waals surface area contributed by atoms with Crippen LogP contribution in [0.15, 0.2) is 69.9 Å². The Labute approximate surface area is 151 Å². The van der Waals surface area contributed by atoms with E-state index in [-0.39, 0.29) is 18.6 Å². The van der Waals surface area contributed by atoms with Crippen LogP contribution in [-0.2, 0) is 11.2 Å². The topological polar surface area (TPSA) is 68.5 Å². The van der Waals surface area contributed by atoms with Crippen LogP contribution in [-0.4, -0.2) is 18.6 Å². The second kappa shape index (κ2) is 8.34. The zero-order valence-electron chi connectivity index (χ0n) is 14.6. The van der Waals surface area contributed by atoms with Crippen molar-refractivity contribution in [1.82, 2.24) is 5.32 Å². The van der Waals surface area contributed by atoms with Gasteiger partial charge in [0.1, 0.15) is 11.3 Å². The normalized spacial score (nSPS) is 11.9. The van der Waals surface area contributed by atoms with Gasteiger partial charge in [0.15, 0.2) is 6.61 Å². The number of rotatable bonds is 7. The summed E-state index contributed by atoms with van der Waals surface area (Å²) < 4.78 is 10.6. The number of fused-ring (bicyclic) bond motifs is 1. The molecule has 1 N–H and O–H groups in total. The fourth-order valence-electron chi connectivity index (χ4n) is 2.70. The summed E-state index contributed by atoms with van der Waals surface area (Å²) in [7, 11) is 0. The molecule has 0 unspecified atom stereocenters. The minimum atomic E-state index is -0.417. The van der Waals surface area contributed by atoms with Gasteiger partial charge in [0.05, 0.1) is 0 Å². The number of aryl methyl sites for hydroxylation is 1. The molecule has 0 fully saturated rings. The van der Waals surface area contributed by atoms with E-state index >= 15 is 0 Å². The molecule has 26 heavy (non-hydrogen) atoms. The molecule has 1 heterocycles. The minimum Gasteiger partial charge on any atom is -0.484 e. The predicted molar refractivity (Wildman–Crippen MR) is 100 cm³/mol. The van der Waals surface area contributed by atoms with Crippen molar-refractivity contribution in [3.63, 3.8) is 0 Å². The Balaban J connectivity index is 1.48. The van der Waals surface area contributed by atoms with Gasteiger partial charge in [-0.05, 0) is 43.5 Å². The molecule has 1 amide bonds. The predicted octanol–water partition coefficient (Wildman–Crippen LogP) is 3.31. The number of carbonyl (C=O) groups is 1. The summed E-state index contributed by atoms with van der Waals surface area (Å²) in [6.45, 7) is 1.89. The quantitative estimate of drug-likeness (QED) is 0.663. The monoisotopic (exact) mass is 351 g/mol. The van der Waals surface area contributed by atoms with E-state index in [2.05, 4.69) is 17.4 Å². The molecule has 0 bridgehead atoms. The summed E-state index contributed by atoms with van der Waals surface area (Å²) in [5.41, 5.74) is 1.27. The lowest BCUT2D eigenvalue weighted by atomic mass is 10.1. The molecule has 2 aromatic carbocycles.